The molecule has 150 valence electrons. The minimum absolute atomic E-state index is 0.223. The predicted molar refractivity (Wildman–Crippen MR) is 122 cm³/mol. The Kier molecular flexibility index (Phi) is 6.32. The Bertz CT molecular complexity index is 1140. The summed E-state index contributed by atoms with van der Waals surface area (Å²) in [6.07, 6.45) is 0.741. The molecule has 0 saturated heterocycles. The molecule has 0 aliphatic rings. The molecule has 0 unspecified atom stereocenters. The van der Waals surface area contributed by atoms with Crippen molar-refractivity contribution in [1.82, 2.24) is 10.3 Å². The standard InChI is InChI=1S/C23H19N3O2S2/c27-21(24-13-12-16-7-2-1-3-8-16)17-9-4-5-10-18(17)25-22(28)19-15-30-23(26-19)20-11-6-14-29-20/h1-11,14-15H,12-13H2,(H,24,27)(H,25,28). The van der Waals surface area contributed by atoms with Crippen molar-refractivity contribution in [3.05, 3.63) is 94.3 Å². The van der Waals surface area contributed by atoms with E-state index < -0.39 is 0 Å². The van der Waals surface area contributed by atoms with Crippen molar-refractivity contribution in [2.24, 2.45) is 0 Å². The van der Waals surface area contributed by atoms with Gasteiger partial charge < -0.3 is 10.6 Å². The van der Waals surface area contributed by atoms with Gasteiger partial charge in [-0.05, 0) is 35.6 Å². The summed E-state index contributed by atoms with van der Waals surface area (Å²) in [7, 11) is 0. The van der Waals surface area contributed by atoms with Gasteiger partial charge >= 0.3 is 0 Å². The highest BCUT2D eigenvalue weighted by Crippen LogP contribution is 2.28. The zero-order valence-corrected chi connectivity index (χ0v) is 17.6. The highest BCUT2D eigenvalue weighted by atomic mass is 32.1. The quantitative estimate of drug-likeness (QED) is 0.426. The van der Waals surface area contributed by atoms with Gasteiger partial charge in [0.25, 0.3) is 11.8 Å². The van der Waals surface area contributed by atoms with Crippen LogP contribution in [0.2, 0.25) is 0 Å². The lowest BCUT2D eigenvalue weighted by atomic mass is 10.1. The molecule has 0 aliphatic heterocycles. The first-order valence-corrected chi connectivity index (χ1v) is 11.2. The normalized spacial score (nSPS) is 10.5. The second kappa shape index (κ2) is 9.47. The van der Waals surface area contributed by atoms with Gasteiger partial charge in [-0.25, -0.2) is 4.98 Å². The van der Waals surface area contributed by atoms with Crippen LogP contribution in [0, 0.1) is 0 Å². The van der Waals surface area contributed by atoms with Gasteiger partial charge in [-0.2, -0.15) is 0 Å². The van der Waals surface area contributed by atoms with Gasteiger partial charge in [0.15, 0.2) is 0 Å². The Balaban J connectivity index is 1.41. The minimum Gasteiger partial charge on any atom is -0.352 e. The number of carbonyl (C=O) groups is 2. The third-order valence-electron chi connectivity index (χ3n) is 4.43. The van der Waals surface area contributed by atoms with Crippen LogP contribution >= 0.6 is 22.7 Å². The summed E-state index contributed by atoms with van der Waals surface area (Å²) < 4.78 is 0. The maximum absolute atomic E-state index is 12.7. The molecule has 4 rings (SSSR count). The van der Waals surface area contributed by atoms with Crippen LogP contribution in [0.25, 0.3) is 9.88 Å². The van der Waals surface area contributed by atoms with Crippen molar-refractivity contribution >= 4 is 40.2 Å². The molecular weight excluding hydrogens is 414 g/mol. The lowest BCUT2D eigenvalue weighted by molar-refractivity contribution is 0.0955. The molecule has 0 fully saturated rings. The SMILES string of the molecule is O=C(Nc1ccccc1C(=O)NCCc1ccccc1)c1csc(-c2cccs2)n1. The number of anilines is 1. The first-order valence-electron chi connectivity index (χ1n) is 9.42. The number of carbonyl (C=O) groups excluding carboxylic acids is 2. The summed E-state index contributed by atoms with van der Waals surface area (Å²) in [5, 5.41) is 10.3. The number of hydrogen-bond donors (Lipinski definition) is 2. The van der Waals surface area contributed by atoms with Gasteiger partial charge in [-0.3, -0.25) is 9.59 Å². The Morgan fingerprint density at radius 1 is 0.867 bits per heavy atom. The number of nitrogens with one attached hydrogen (secondary N) is 2. The van der Waals surface area contributed by atoms with Crippen molar-refractivity contribution < 1.29 is 9.59 Å². The molecule has 2 aromatic heterocycles. The molecule has 5 nitrogen and oxygen atoms in total. The highest BCUT2D eigenvalue weighted by Gasteiger charge is 2.16. The Morgan fingerprint density at radius 3 is 2.47 bits per heavy atom. The molecule has 0 saturated carbocycles. The predicted octanol–water partition coefficient (Wildman–Crippen LogP) is 5.10. The van der Waals surface area contributed by atoms with Gasteiger partial charge in [-0.1, -0.05) is 48.5 Å². The van der Waals surface area contributed by atoms with Crippen molar-refractivity contribution in [3.63, 3.8) is 0 Å². The Morgan fingerprint density at radius 2 is 1.67 bits per heavy atom. The summed E-state index contributed by atoms with van der Waals surface area (Å²) in [5.74, 6) is -0.557. The van der Waals surface area contributed by atoms with E-state index in [1.165, 1.54) is 11.3 Å². The number of amides is 2. The van der Waals surface area contributed by atoms with Gasteiger partial charge in [0.1, 0.15) is 10.7 Å². The lowest BCUT2D eigenvalue weighted by Gasteiger charge is -2.11. The topological polar surface area (TPSA) is 71.1 Å². The summed E-state index contributed by atoms with van der Waals surface area (Å²) >= 11 is 3.01. The molecule has 2 aromatic carbocycles. The molecule has 0 spiro atoms. The zero-order valence-electron chi connectivity index (χ0n) is 16.0. The molecular formula is C23H19N3O2S2. The molecule has 7 heteroatoms. The van der Waals surface area contributed by atoms with E-state index in [0.717, 1.165) is 21.9 Å². The number of thiophene rings is 1. The second-order valence-corrected chi connectivity index (χ2v) is 8.31. The van der Waals surface area contributed by atoms with Crippen molar-refractivity contribution in [2.75, 3.05) is 11.9 Å². The highest BCUT2D eigenvalue weighted by molar-refractivity contribution is 7.20. The fourth-order valence-electron chi connectivity index (χ4n) is 2.93. The summed E-state index contributed by atoms with van der Waals surface area (Å²) in [6, 6.07) is 20.9. The van der Waals surface area contributed by atoms with Crippen LogP contribution < -0.4 is 10.6 Å². The molecule has 0 bridgehead atoms. The number of thiazole rings is 1. The van der Waals surface area contributed by atoms with E-state index in [-0.39, 0.29) is 11.8 Å². The van der Waals surface area contributed by atoms with Crippen LogP contribution in [0.3, 0.4) is 0 Å². The minimum atomic E-state index is -0.335. The Hall–Kier alpha value is -3.29. The van der Waals surface area contributed by atoms with Crippen LogP contribution in [0.15, 0.2) is 77.5 Å². The van der Waals surface area contributed by atoms with Crippen molar-refractivity contribution in [2.45, 2.75) is 6.42 Å². The number of rotatable bonds is 7. The molecule has 30 heavy (non-hydrogen) atoms. The molecule has 2 N–H and O–H groups in total. The van der Waals surface area contributed by atoms with E-state index in [1.54, 1.807) is 41.0 Å². The summed E-state index contributed by atoms with van der Waals surface area (Å²) in [6.45, 7) is 0.515. The monoisotopic (exact) mass is 433 g/mol. The third-order valence-corrected chi connectivity index (χ3v) is 6.31. The van der Waals surface area contributed by atoms with Crippen LogP contribution in [-0.2, 0) is 6.42 Å². The number of para-hydroxylation sites is 1. The maximum Gasteiger partial charge on any atom is 0.275 e. The first-order chi connectivity index (χ1) is 14.7. The largest absolute Gasteiger partial charge is 0.352 e. The number of nitrogens with zero attached hydrogens (tertiary/aromatic N) is 1. The fourth-order valence-corrected chi connectivity index (χ4v) is 4.54. The zero-order chi connectivity index (χ0) is 20.8. The number of hydrogen-bond acceptors (Lipinski definition) is 5. The van der Waals surface area contributed by atoms with Gasteiger partial charge in [0.2, 0.25) is 0 Å². The lowest BCUT2D eigenvalue weighted by Crippen LogP contribution is -2.27. The van der Waals surface area contributed by atoms with Crippen LogP contribution in [0.1, 0.15) is 26.4 Å². The maximum atomic E-state index is 12.7. The average Bonchev–Trinajstić information content (AvgIpc) is 3.47. The molecule has 2 heterocycles. The summed E-state index contributed by atoms with van der Waals surface area (Å²) in [5.41, 5.74) is 2.38. The molecule has 4 aromatic rings. The third kappa shape index (κ3) is 4.82. The van der Waals surface area contributed by atoms with Gasteiger partial charge in [-0.15, -0.1) is 22.7 Å². The molecule has 2 amide bonds. The van der Waals surface area contributed by atoms with Crippen LogP contribution in [0.5, 0.6) is 0 Å². The van der Waals surface area contributed by atoms with E-state index in [9.17, 15) is 9.59 Å². The molecule has 0 radical (unpaired) electrons. The van der Waals surface area contributed by atoms with Gasteiger partial charge in [0.05, 0.1) is 16.1 Å². The fraction of sp³-hybridized carbons (Fsp3) is 0.0870. The molecule has 0 atom stereocenters. The van der Waals surface area contributed by atoms with Crippen molar-refractivity contribution in [1.29, 1.82) is 0 Å². The number of benzene rings is 2. The van der Waals surface area contributed by atoms with E-state index in [4.69, 9.17) is 0 Å². The van der Waals surface area contributed by atoms with Gasteiger partial charge in [0, 0.05) is 11.9 Å². The average molecular weight is 434 g/mol. The van der Waals surface area contributed by atoms with Crippen molar-refractivity contribution in [3.8, 4) is 9.88 Å². The smallest absolute Gasteiger partial charge is 0.275 e. The van der Waals surface area contributed by atoms with Crippen LogP contribution in [-0.4, -0.2) is 23.3 Å². The van der Waals surface area contributed by atoms with E-state index in [0.29, 0.717) is 23.5 Å². The van der Waals surface area contributed by atoms with E-state index >= 15 is 0 Å². The first kappa shape index (κ1) is 20.0. The molecule has 0 aliphatic carbocycles. The van der Waals surface area contributed by atoms with Crippen LogP contribution in [0.4, 0.5) is 5.69 Å². The number of aromatic nitrogens is 1. The van der Waals surface area contributed by atoms with E-state index in [2.05, 4.69) is 15.6 Å². The Labute approximate surface area is 182 Å². The second-order valence-electron chi connectivity index (χ2n) is 6.51. The summed E-state index contributed by atoms with van der Waals surface area (Å²) in [4.78, 5) is 30.8. The van der Waals surface area contributed by atoms with E-state index in [1.807, 2.05) is 47.8 Å².